The van der Waals surface area contributed by atoms with E-state index in [1.807, 2.05) is 0 Å². The molecule has 2 amide bonds. The number of carboxylic acids is 1. The molecule has 44 heavy (non-hydrogen) atoms. The van der Waals surface area contributed by atoms with Gasteiger partial charge in [-0.15, -0.1) is 0 Å². The molecule has 0 spiro atoms. The van der Waals surface area contributed by atoms with Crippen LogP contribution in [0.1, 0.15) is 17.8 Å². The molecule has 0 bridgehead atoms. The number of hydrogen-bond donors (Lipinski definition) is 4. The second-order valence-electron chi connectivity index (χ2n) is 9.20. The summed E-state index contributed by atoms with van der Waals surface area (Å²) in [6.07, 6.45) is 1.18. The molecule has 0 unspecified atom stereocenters. The highest BCUT2D eigenvalue weighted by atomic mass is 16.5. The molecule has 0 saturated carbocycles. The van der Waals surface area contributed by atoms with Crippen molar-refractivity contribution in [2.75, 3.05) is 51.5 Å². The number of ether oxygens (including phenoxy) is 3. The van der Waals surface area contributed by atoms with Crippen molar-refractivity contribution in [2.24, 2.45) is 0 Å². The van der Waals surface area contributed by atoms with Gasteiger partial charge in [-0.25, -0.2) is 4.79 Å². The van der Waals surface area contributed by atoms with Crippen LogP contribution in [0.3, 0.4) is 0 Å². The first-order valence-corrected chi connectivity index (χ1v) is 13.3. The molecule has 232 valence electrons. The van der Waals surface area contributed by atoms with Gasteiger partial charge < -0.3 is 39.5 Å². The largest absolute Gasteiger partial charge is 0.508 e. The Labute approximate surface area is 253 Å². The molecule has 0 fully saturated rings. The Morgan fingerprint density at radius 2 is 1.59 bits per heavy atom. The van der Waals surface area contributed by atoms with Gasteiger partial charge in [0, 0.05) is 40.9 Å². The highest BCUT2D eigenvalue weighted by Crippen LogP contribution is 2.42. The Hall–Kier alpha value is -5.04. The molecule has 4 N–H and O–H groups in total. The van der Waals surface area contributed by atoms with E-state index in [9.17, 15) is 29.4 Å². The lowest BCUT2D eigenvalue weighted by molar-refractivity contribution is -0.121. The standard InChI is InChI=1S/C31H30N2O10.CH4/c1-2-28(36)32-9-10-40-11-12-41-13-14-42-18-29(37)33-19-3-6-22(25(15-19)31(38)39)30-23-7-4-20(34)16-26(23)43-27-17-21(35)5-8-24(27)30;/h2-8,15-17,34H,1,9-14,18H2,(H,32,36)(H,33,37)(H,38,39);1H4. The number of aromatic hydroxyl groups is 1. The second kappa shape index (κ2) is 16.0. The van der Waals surface area contributed by atoms with Crippen LogP contribution in [0.5, 0.6) is 5.75 Å². The first kappa shape index (κ1) is 33.5. The maximum absolute atomic E-state index is 12.4. The van der Waals surface area contributed by atoms with Crippen LogP contribution in [0.25, 0.3) is 33.4 Å². The van der Waals surface area contributed by atoms with E-state index in [0.717, 1.165) is 0 Å². The molecule has 0 saturated heterocycles. The Morgan fingerprint density at radius 1 is 0.886 bits per heavy atom. The monoisotopic (exact) mass is 606 g/mol. The quantitative estimate of drug-likeness (QED) is 0.0883. The van der Waals surface area contributed by atoms with Crippen molar-refractivity contribution < 1.29 is 43.2 Å². The maximum atomic E-state index is 12.4. The van der Waals surface area contributed by atoms with Gasteiger partial charge in [-0.2, -0.15) is 0 Å². The number of fused-ring (bicyclic) bond motifs is 2. The molecule has 0 radical (unpaired) electrons. The number of rotatable bonds is 15. The molecular formula is C32H34N2O10. The number of phenolic OH excluding ortho intramolecular Hbond substituents is 1. The zero-order chi connectivity index (χ0) is 30.8. The molecule has 2 aromatic rings. The summed E-state index contributed by atoms with van der Waals surface area (Å²) in [5, 5.41) is 25.8. The third kappa shape index (κ3) is 8.74. The van der Waals surface area contributed by atoms with Crippen molar-refractivity contribution in [3.05, 3.63) is 83.0 Å². The molecule has 1 aliphatic heterocycles. The number of phenols is 1. The van der Waals surface area contributed by atoms with E-state index in [0.29, 0.717) is 48.4 Å². The van der Waals surface area contributed by atoms with Gasteiger partial charge in [0.25, 0.3) is 0 Å². The number of carboxylic acid groups (broad SMARTS) is 1. The first-order chi connectivity index (χ1) is 20.8. The fraction of sp³-hybridized carbons (Fsp3) is 0.250. The fourth-order valence-corrected chi connectivity index (χ4v) is 4.29. The van der Waals surface area contributed by atoms with Gasteiger partial charge >= 0.3 is 5.97 Å². The van der Waals surface area contributed by atoms with Crippen molar-refractivity contribution in [3.63, 3.8) is 0 Å². The third-order valence-corrected chi connectivity index (χ3v) is 6.19. The smallest absolute Gasteiger partial charge is 0.336 e. The van der Waals surface area contributed by atoms with Crippen LogP contribution in [0, 0.1) is 0 Å². The lowest BCUT2D eigenvalue weighted by Crippen LogP contribution is -2.25. The van der Waals surface area contributed by atoms with Crippen LogP contribution in [-0.2, 0) is 23.8 Å². The minimum Gasteiger partial charge on any atom is -0.508 e. The van der Waals surface area contributed by atoms with Gasteiger partial charge in [-0.05, 0) is 48.0 Å². The van der Waals surface area contributed by atoms with E-state index < -0.39 is 11.9 Å². The van der Waals surface area contributed by atoms with Crippen LogP contribution in [-0.4, -0.2) is 74.2 Å². The molecule has 12 heteroatoms. The van der Waals surface area contributed by atoms with Gasteiger partial charge in [-0.1, -0.05) is 20.1 Å². The third-order valence-electron chi connectivity index (χ3n) is 6.19. The molecule has 2 aliphatic rings. The van der Waals surface area contributed by atoms with E-state index in [2.05, 4.69) is 17.2 Å². The first-order valence-electron chi connectivity index (χ1n) is 13.3. The highest BCUT2D eigenvalue weighted by molar-refractivity contribution is 6.08. The van der Waals surface area contributed by atoms with Crippen LogP contribution >= 0.6 is 0 Å². The Kier molecular flexibility index (Phi) is 12.2. The second-order valence-corrected chi connectivity index (χ2v) is 9.20. The Bertz CT molecular complexity index is 1660. The number of hydrogen-bond acceptors (Lipinski definition) is 9. The zero-order valence-electron chi connectivity index (χ0n) is 23.1. The fourth-order valence-electron chi connectivity index (χ4n) is 4.29. The molecule has 1 heterocycles. The number of nitrogens with one attached hydrogen (secondary N) is 2. The molecule has 0 atom stereocenters. The van der Waals surface area contributed by atoms with E-state index >= 15 is 0 Å². The SMILES string of the molecule is C.C=CC(=O)NCCOCCOCCOCC(=O)Nc1ccc(-c2c3ccc(=O)cc-3oc3cc(O)ccc23)c(C(=O)O)c1. The average molecular weight is 607 g/mol. The summed E-state index contributed by atoms with van der Waals surface area (Å²) >= 11 is 0. The number of aromatic carboxylic acids is 1. The number of anilines is 1. The van der Waals surface area contributed by atoms with Gasteiger partial charge in [0.2, 0.25) is 11.8 Å². The van der Waals surface area contributed by atoms with E-state index in [1.54, 1.807) is 24.3 Å². The van der Waals surface area contributed by atoms with Crippen LogP contribution in [0.4, 0.5) is 5.69 Å². The zero-order valence-corrected chi connectivity index (χ0v) is 23.1. The molecule has 1 aliphatic carbocycles. The summed E-state index contributed by atoms with van der Waals surface area (Å²) in [5.41, 5.74) is 1.48. The van der Waals surface area contributed by atoms with Crippen molar-refractivity contribution in [2.45, 2.75) is 7.43 Å². The predicted molar refractivity (Wildman–Crippen MR) is 164 cm³/mol. The summed E-state index contributed by atoms with van der Waals surface area (Å²) in [4.78, 5) is 47.7. The predicted octanol–water partition coefficient (Wildman–Crippen LogP) is 3.90. The number of carbonyl (C=O) groups excluding carboxylic acids is 2. The molecule has 12 nitrogen and oxygen atoms in total. The lowest BCUT2D eigenvalue weighted by Gasteiger charge is -2.17. The molecule has 4 rings (SSSR count). The van der Waals surface area contributed by atoms with E-state index in [-0.39, 0.29) is 66.9 Å². The summed E-state index contributed by atoms with van der Waals surface area (Å²) < 4.78 is 21.8. The summed E-state index contributed by atoms with van der Waals surface area (Å²) in [7, 11) is 0. The number of benzene rings is 3. The Morgan fingerprint density at radius 3 is 2.32 bits per heavy atom. The van der Waals surface area contributed by atoms with Crippen LogP contribution in [0.2, 0.25) is 0 Å². The summed E-state index contributed by atoms with van der Waals surface area (Å²) in [5.74, 6) is -1.80. The molecule has 2 aromatic carbocycles. The van der Waals surface area contributed by atoms with Gasteiger partial charge in [0.05, 0.1) is 38.6 Å². The minimum atomic E-state index is -1.23. The topological polar surface area (TPSA) is 174 Å². The number of carbonyl (C=O) groups is 3. The average Bonchev–Trinajstić information content (AvgIpc) is 2.98. The van der Waals surface area contributed by atoms with Crippen molar-refractivity contribution >= 4 is 34.4 Å². The molecular weight excluding hydrogens is 572 g/mol. The van der Waals surface area contributed by atoms with E-state index in [4.69, 9.17) is 18.6 Å². The Balaban J connectivity index is 0.00000529. The lowest BCUT2D eigenvalue weighted by atomic mass is 9.90. The normalized spacial score (nSPS) is 10.7. The van der Waals surface area contributed by atoms with Crippen molar-refractivity contribution in [1.82, 2.24) is 5.32 Å². The van der Waals surface area contributed by atoms with Gasteiger partial charge in [0.15, 0.2) is 5.43 Å². The van der Waals surface area contributed by atoms with Crippen LogP contribution in [0.15, 0.2) is 76.5 Å². The van der Waals surface area contributed by atoms with Crippen molar-refractivity contribution in [1.29, 1.82) is 0 Å². The highest BCUT2D eigenvalue weighted by Gasteiger charge is 2.22. The molecule has 0 aromatic heterocycles. The summed E-state index contributed by atoms with van der Waals surface area (Å²) in [6, 6.07) is 13.1. The summed E-state index contributed by atoms with van der Waals surface area (Å²) in [6.45, 7) is 4.82. The van der Waals surface area contributed by atoms with Crippen LogP contribution < -0.4 is 16.1 Å². The maximum Gasteiger partial charge on any atom is 0.336 e. The number of amides is 2. The van der Waals surface area contributed by atoms with Gasteiger partial charge in [-0.3, -0.25) is 14.4 Å². The van der Waals surface area contributed by atoms with Crippen molar-refractivity contribution in [3.8, 4) is 28.2 Å². The minimum absolute atomic E-state index is 0. The van der Waals surface area contributed by atoms with E-state index in [1.165, 1.54) is 36.4 Å². The van der Waals surface area contributed by atoms with Gasteiger partial charge in [0.1, 0.15) is 23.7 Å².